The van der Waals surface area contributed by atoms with Crippen molar-refractivity contribution in [2.24, 2.45) is 0 Å². The predicted molar refractivity (Wildman–Crippen MR) is 104 cm³/mol. The zero-order valence-electron chi connectivity index (χ0n) is 15.0. The van der Waals surface area contributed by atoms with Crippen LogP contribution in [0.25, 0.3) is 0 Å². The molecule has 2 aromatic carbocycles. The Kier molecular flexibility index (Phi) is 5.74. The Balaban J connectivity index is 1.82. The number of hydrogen-bond donors (Lipinski definition) is 2. The summed E-state index contributed by atoms with van der Waals surface area (Å²) in [6.45, 7) is 1.84. The standard InChI is InChI=1S/C19H21ClN2O4S/c1-12(13-3-6-15(20)7-4-13)21-19(23)14-5-10-17(26-2)18(11-14)27(24,25)22-16-8-9-16/h3-7,10-12,16,22H,8-9H2,1-2H3,(H,21,23)/t12-/m1/s1. The molecule has 0 heterocycles. The summed E-state index contributed by atoms with van der Waals surface area (Å²) < 4.78 is 32.9. The Hall–Kier alpha value is -2.09. The zero-order valence-corrected chi connectivity index (χ0v) is 16.6. The van der Waals surface area contributed by atoms with Gasteiger partial charge in [0, 0.05) is 16.6 Å². The van der Waals surface area contributed by atoms with E-state index in [1.54, 1.807) is 18.2 Å². The van der Waals surface area contributed by atoms with Crippen molar-refractivity contribution in [2.45, 2.75) is 36.7 Å². The second-order valence-corrected chi connectivity index (χ2v) is 8.63. The van der Waals surface area contributed by atoms with Crippen LogP contribution in [0.3, 0.4) is 0 Å². The van der Waals surface area contributed by atoms with Crippen LogP contribution in [0.15, 0.2) is 47.4 Å². The quantitative estimate of drug-likeness (QED) is 0.736. The Morgan fingerprint density at radius 1 is 1.19 bits per heavy atom. The molecule has 8 heteroatoms. The molecule has 0 radical (unpaired) electrons. The van der Waals surface area contributed by atoms with Crippen LogP contribution in [-0.2, 0) is 10.0 Å². The van der Waals surface area contributed by atoms with E-state index in [0.717, 1.165) is 18.4 Å². The predicted octanol–water partition coefficient (Wildman–Crippen LogP) is 3.28. The molecule has 3 rings (SSSR count). The SMILES string of the molecule is COc1ccc(C(=O)N[C@H](C)c2ccc(Cl)cc2)cc1S(=O)(=O)NC1CC1. The van der Waals surface area contributed by atoms with Gasteiger partial charge < -0.3 is 10.1 Å². The average molecular weight is 409 g/mol. The van der Waals surface area contributed by atoms with Crippen LogP contribution in [-0.4, -0.2) is 27.5 Å². The normalized spacial score (nSPS) is 15.2. The van der Waals surface area contributed by atoms with Gasteiger partial charge in [0.2, 0.25) is 10.0 Å². The fraction of sp³-hybridized carbons (Fsp3) is 0.316. The van der Waals surface area contributed by atoms with Gasteiger partial charge >= 0.3 is 0 Å². The third kappa shape index (κ3) is 4.80. The van der Waals surface area contributed by atoms with E-state index >= 15 is 0 Å². The molecular weight excluding hydrogens is 388 g/mol. The van der Waals surface area contributed by atoms with Gasteiger partial charge in [-0.15, -0.1) is 0 Å². The summed E-state index contributed by atoms with van der Waals surface area (Å²) in [6.07, 6.45) is 1.64. The number of sulfonamides is 1. The molecule has 2 aromatic rings. The van der Waals surface area contributed by atoms with Gasteiger partial charge in [0.1, 0.15) is 10.6 Å². The van der Waals surface area contributed by atoms with Crippen molar-refractivity contribution >= 4 is 27.5 Å². The number of benzene rings is 2. The van der Waals surface area contributed by atoms with Crippen LogP contribution in [0.2, 0.25) is 5.02 Å². The average Bonchev–Trinajstić information content (AvgIpc) is 3.44. The number of ether oxygens (including phenoxy) is 1. The van der Waals surface area contributed by atoms with Crippen molar-refractivity contribution in [1.29, 1.82) is 0 Å². The van der Waals surface area contributed by atoms with Crippen LogP contribution < -0.4 is 14.8 Å². The van der Waals surface area contributed by atoms with E-state index in [1.807, 2.05) is 19.1 Å². The number of amides is 1. The van der Waals surface area contributed by atoms with Crippen molar-refractivity contribution in [1.82, 2.24) is 10.0 Å². The highest BCUT2D eigenvalue weighted by Crippen LogP contribution is 2.28. The highest BCUT2D eigenvalue weighted by molar-refractivity contribution is 7.89. The summed E-state index contributed by atoms with van der Waals surface area (Å²) in [5, 5.41) is 3.48. The summed E-state index contributed by atoms with van der Waals surface area (Å²) in [4.78, 5) is 12.6. The topological polar surface area (TPSA) is 84.5 Å². The van der Waals surface area contributed by atoms with Crippen molar-refractivity contribution in [2.75, 3.05) is 7.11 Å². The molecule has 0 unspecified atom stereocenters. The van der Waals surface area contributed by atoms with Crippen molar-refractivity contribution in [3.8, 4) is 5.75 Å². The number of carbonyl (C=O) groups excluding carboxylic acids is 1. The maximum absolute atomic E-state index is 12.6. The molecule has 2 N–H and O–H groups in total. The first-order chi connectivity index (χ1) is 12.8. The minimum Gasteiger partial charge on any atom is -0.495 e. The van der Waals surface area contributed by atoms with Gasteiger partial charge in [-0.05, 0) is 55.7 Å². The fourth-order valence-corrected chi connectivity index (χ4v) is 4.25. The van der Waals surface area contributed by atoms with E-state index in [2.05, 4.69) is 10.0 Å². The first kappa shape index (κ1) is 19.7. The monoisotopic (exact) mass is 408 g/mol. The molecule has 1 amide bonds. The Morgan fingerprint density at radius 3 is 2.44 bits per heavy atom. The summed E-state index contributed by atoms with van der Waals surface area (Å²) in [7, 11) is -2.35. The van der Waals surface area contributed by atoms with Gasteiger partial charge in [-0.25, -0.2) is 13.1 Å². The molecule has 0 aromatic heterocycles. The Morgan fingerprint density at radius 2 is 1.85 bits per heavy atom. The van der Waals surface area contributed by atoms with Crippen LogP contribution >= 0.6 is 11.6 Å². The van der Waals surface area contributed by atoms with Gasteiger partial charge in [-0.1, -0.05) is 23.7 Å². The van der Waals surface area contributed by atoms with E-state index in [-0.39, 0.29) is 34.2 Å². The lowest BCUT2D eigenvalue weighted by Crippen LogP contribution is -2.28. The molecule has 6 nitrogen and oxygen atoms in total. The van der Waals surface area contributed by atoms with Crippen molar-refractivity contribution < 1.29 is 17.9 Å². The molecule has 27 heavy (non-hydrogen) atoms. The minimum absolute atomic E-state index is 0.0382. The van der Waals surface area contributed by atoms with Crippen molar-refractivity contribution in [3.63, 3.8) is 0 Å². The van der Waals surface area contributed by atoms with Crippen LogP contribution in [0.5, 0.6) is 5.75 Å². The molecule has 0 spiro atoms. The molecule has 1 aliphatic rings. The molecule has 0 bridgehead atoms. The van der Waals surface area contributed by atoms with E-state index in [1.165, 1.54) is 19.2 Å². The number of methoxy groups -OCH3 is 1. The number of rotatable bonds is 7. The third-order valence-corrected chi connectivity index (χ3v) is 6.13. The summed E-state index contributed by atoms with van der Waals surface area (Å²) in [5.41, 5.74) is 1.14. The molecule has 1 aliphatic carbocycles. The smallest absolute Gasteiger partial charge is 0.251 e. The van der Waals surface area contributed by atoms with Gasteiger partial charge in [-0.2, -0.15) is 0 Å². The number of hydrogen-bond acceptors (Lipinski definition) is 4. The Bertz CT molecular complexity index is 941. The molecule has 1 saturated carbocycles. The van der Waals surface area contributed by atoms with Crippen LogP contribution in [0.4, 0.5) is 0 Å². The zero-order chi connectivity index (χ0) is 19.6. The van der Waals surface area contributed by atoms with Crippen LogP contribution in [0.1, 0.15) is 41.7 Å². The van der Waals surface area contributed by atoms with Crippen molar-refractivity contribution in [3.05, 3.63) is 58.6 Å². The molecule has 0 aliphatic heterocycles. The highest BCUT2D eigenvalue weighted by Gasteiger charge is 2.30. The lowest BCUT2D eigenvalue weighted by molar-refractivity contribution is 0.0939. The van der Waals surface area contributed by atoms with Gasteiger partial charge in [-0.3, -0.25) is 4.79 Å². The largest absolute Gasteiger partial charge is 0.495 e. The second-order valence-electron chi connectivity index (χ2n) is 6.51. The first-order valence-corrected chi connectivity index (χ1v) is 10.4. The third-order valence-electron chi connectivity index (χ3n) is 4.33. The second kappa shape index (κ2) is 7.88. The molecule has 1 fully saturated rings. The maximum Gasteiger partial charge on any atom is 0.251 e. The summed E-state index contributed by atoms with van der Waals surface area (Å²) in [6, 6.07) is 11.2. The number of halogens is 1. The number of carbonyl (C=O) groups is 1. The number of nitrogens with one attached hydrogen (secondary N) is 2. The minimum atomic E-state index is -3.75. The molecule has 1 atom stereocenters. The van der Waals surface area contributed by atoms with E-state index < -0.39 is 10.0 Å². The van der Waals surface area contributed by atoms with Gasteiger partial charge in [0.05, 0.1) is 13.2 Å². The van der Waals surface area contributed by atoms with Crippen LogP contribution in [0, 0.1) is 0 Å². The maximum atomic E-state index is 12.6. The van der Waals surface area contributed by atoms with Gasteiger partial charge in [0.25, 0.3) is 5.91 Å². The lowest BCUT2D eigenvalue weighted by Gasteiger charge is -2.16. The molecular formula is C19H21ClN2O4S. The first-order valence-electron chi connectivity index (χ1n) is 8.57. The summed E-state index contributed by atoms with van der Waals surface area (Å²) >= 11 is 5.89. The highest BCUT2D eigenvalue weighted by atomic mass is 35.5. The molecule has 144 valence electrons. The Labute approximate surface area is 163 Å². The van der Waals surface area contributed by atoms with E-state index in [0.29, 0.717) is 5.02 Å². The van der Waals surface area contributed by atoms with Gasteiger partial charge in [0.15, 0.2) is 0 Å². The lowest BCUT2D eigenvalue weighted by atomic mass is 10.1. The fourth-order valence-electron chi connectivity index (χ4n) is 2.63. The summed E-state index contributed by atoms with van der Waals surface area (Å²) in [5.74, 6) is -0.173. The molecule has 0 saturated heterocycles. The van der Waals surface area contributed by atoms with E-state index in [9.17, 15) is 13.2 Å². The van der Waals surface area contributed by atoms with E-state index in [4.69, 9.17) is 16.3 Å².